The fourth-order valence-electron chi connectivity index (χ4n) is 9.20. The lowest BCUT2D eigenvalue weighted by molar-refractivity contribution is -0.138. The number of halogens is 1. The molecule has 0 bridgehead atoms. The first-order valence-corrected chi connectivity index (χ1v) is 17.9. The molecule has 270 valence electrons. The number of amides is 4. The lowest BCUT2D eigenvalue weighted by Crippen LogP contribution is -2.53. The Kier molecular flexibility index (Phi) is 8.33. The van der Waals surface area contributed by atoms with Crippen LogP contribution in [0.5, 0.6) is 17.2 Å². The molecule has 0 aromatic heterocycles. The number of hydrazine groups is 1. The number of carbonyl (C=O) groups is 4. The SMILES string of the molecule is COc1cc(O)c(C2C3=CCC4C(=O)N(c5ccc(C)c(Cl)c5)C(=O)C4C3CC3C(=O)N(Nc4ccc(C)cc4)C(=O)C32c2ccccc2)c(OC)c1. The molecule has 6 atom stereocenters. The van der Waals surface area contributed by atoms with Crippen LogP contribution in [-0.4, -0.2) is 48.0 Å². The molecule has 2 aliphatic heterocycles. The van der Waals surface area contributed by atoms with E-state index in [9.17, 15) is 19.5 Å². The minimum absolute atomic E-state index is 0.107. The molecule has 1 saturated carbocycles. The van der Waals surface area contributed by atoms with Crippen molar-refractivity contribution in [2.75, 3.05) is 24.5 Å². The minimum Gasteiger partial charge on any atom is -0.507 e. The van der Waals surface area contributed by atoms with Crippen molar-refractivity contribution >= 4 is 46.6 Å². The maximum absolute atomic E-state index is 15.4. The molecule has 4 aliphatic rings. The van der Waals surface area contributed by atoms with Gasteiger partial charge in [-0.1, -0.05) is 77.3 Å². The summed E-state index contributed by atoms with van der Waals surface area (Å²) in [6.07, 6.45) is 2.26. The zero-order chi connectivity index (χ0) is 37.3. The van der Waals surface area contributed by atoms with Crippen molar-refractivity contribution in [3.8, 4) is 17.2 Å². The largest absolute Gasteiger partial charge is 0.507 e. The Hall–Kier alpha value is -5.61. The van der Waals surface area contributed by atoms with E-state index in [0.717, 1.165) is 16.1 Å². The predicted octanol–water partition coefficient (Wildman–Crippen LogP) is 6.87. The van der Waals surface area contributed by atoms with Gasteiger partial charge in [-0.3, -0.25) is 24.6 Å². The van der Waals surface area contributed by atoms with Gasteiger partial charge in [0, 0.05) is 28.6 Å². The van der Waals surface area contributed by atoms with Crippen LogP contribution in [0.4, 0.5) is 11.4 Å². The van der Waals surface area contributed by atoms with E-state index in [1.807, 2.05) is 62.4 Å². The first kappa shape index (κ1) is 34.5. The number of allylic oxidation sites excluding steroid dienone is 2. The minimum atomic E-state index is -1.58. The number of methoxy groups -OCH3 is 2. The summed E-state index contributed by atoms with van der Waals surface area (Å²) in [7, 11) is 2.94. The van der Waals surface area contributed by atoms with Gasteiger partial charge in [-0.05, 0) is 68.0 Å². The molecule has 0 spiro atoms. The highest BCUT2D eigenvalue weighted by molar-refractivity contribution is 6.32. The number of anilines is 2. The van der Waals surface area contributed by atoms with Crippen molar-refractivity contribution < 1.29 is 33.8 Å². The van der Waals surface area contributed by atoms with E-state index < -0.39 is 46.8 Å². The molecule has 2 heterocycles. The van der Waals surface area contributed by atoms with E-state index in [-0.39, 0.29) is 41.7 Å². The number of fused-ring (bicyclic) bond motifs is 4. The van der Waals surface area contributed by atoms with Gasteiger partial charge in [0.2, 0.25) is 11.8 Å². The van der Waals surface area contributed by atoms with E-state index in [1.165, 1.54) is 25.2 Å². The number of imide groups is 2. The van der Waals surface area contributed by atoms with Crippen molar-refractivity contribution in [3.05, 3.63) is 124 Å². The van der Waals surface area contributed by atoms with Gasteiger partial charge in [0.05, 0.1) is 48.8 Å². The molecule has 53 heavy (non-hydrogen) atoms. The molecular formula is C42H38ClN3O7. The molecule has 11 heteroatoms. The van der Waals surface area contributed by atoms with Crippen LogP contribution in [0.3, 0.4) is 0 Å². The molecule has 4 aromatic rings. The third-order valence-electron chi connectivity index (χ3n) is 11.6. The molecule has 4 amide bonds. The fourth-order valence-corrected chi connectivity index (χ4v) is 9.38. The zero-order valence-electron chi connectivity index (χ0n) is 29.6. The Labute approximate surface area is 311 Å². The van der Waals surface area contributed by atoms with Gasteiger partial charge in [-0.25, -0.2) is 4.90 Å². The first-order valence-electron chi connectivity index (χ1n) is 17.6. The predicted molar refractivity (Wildman–Crippen MR) is 199 cm³/mol. The number of aromatic hydroxyl groups is 1. The highest BCUT2D eigenvalue weighted by Gasteiger charge is 2.71. The molecule has 2 N–H and O–H groups in total. The maximum atomic E-state index is 15.4. The average Bonchev–Trinajstić information content (AvgIpc) is 3.54. The van der Waals surface area contributed by atoms with Crippen LogP contribution >= 0.6 is 11.6 Å². The summed E-state index contributed by atoms with van der Waals surface area (Å²) >= 11 is 6.46. The van der Waals surface area contributed by atoms with Gasteiger partial charge >= 0.3 is 0 Å². The van der Waals surface area contributed by atoms with Crippen molar-refractivity contribution in [1.82, 2.24) is 5.01 Å². The lowest BCUT2D eigenvalue weighted by Gasteiger charge is -2.50. The molecule has 8 rings (SSSR count). The van der Waals surface area contributed by atoms with Crippen molar-refractivity contribution in [1.29, 1.82) is 0 Å². The Morgan fingerprint density at radius 2 is 1.58 bits per heavy atom. The monoisotopic (exact) mass is 731 g/mol. The van der Waals surface area contributed by atoms with E-state index >= 15 is 4.79 Å². The number of aryl methyl sites for hydroxylation is 2. The van der Waals surface area contributed by atoms with Crippen LogP contribution < -0.4 is 19.8 Å². The third kappa shape index (κ3) is 5.06. The number of benzene rings is 4. The van der Waals surface area contributed by atoms with Gasteiger partial charge in [0.1, 0.15) is 17.2 Å². The number of carbonyl (C=O) groups excluding carboxylic acids is 4. The Morgan fingerprint density at radius 1 is 0.849 bits per heavy atom. The van der Waals surface area contributed by atoms with Crippen LogP contribution in [-0.2, 0) is 24.6 Å². The second-order valence-electron chi connectivity index (χ2n) is 14.3. The standard InChI is InChI=1S/C42H38ClN3O7/c1-22-10-13-25(14-11-22)44-46-39(49)31-21-30-28(16-17-29-35(30)40(50)45(38(29)48)26-15-12-23(2)32(43)18-26)37(36-33(47)19-27(52-3)20-34(36)53-4)42(31,41(46)51)24-8-6-5-7-9-24/h5-16,18-20,29-31,35,37,44,47H,17,21H2,1-4H3. The van der Waals surface area contributed by atoms with Crippen molar-refractivity contribution in [2.45, 2.75) is 38.0 Å². The van der Waals surface area contributed by atoms with E-state index in [4.69, 9.17) is 21.1 Å². The van der Waals surface area contributed by atoms with Crippen LogP contribution in [0, 0.1) is 37.5 Å². The number of nitrogens with one attached hydrogen (secondary N) is 1. The highest BCUT2D eigenvalue weighted by atomic mass is 35.5. The first-order chi connectivity index (χ1) is 25.5. The number of nitrogens with zero attached hydrogens (tertiary/aromatic N) is 2. The Balaban J connectivity index is 1.35. The molecule has 2 aliphatic carbocycles. The summed E-state index contributed by atoms with van der Waals surface area (Å²) in [5.41, 5.74) is 5.80. The van der Waals surface area contributed by atoms with E-state index in [1.54, 1.807) is 36.4 Å². The topological polar surface area (TPSA) is 125 Å². The summed E-state index contributed by atoms with van der Waals surface area (Å²) in [6, 6.07) is 24.7. The smallest absolute Gasteiger partial charge is 0.260 e. The van der Waals surface area contributed by atoms with E-state index in [2.05, 4.69) is 5.43 Å². The van der Waals surface area contributed by atoms with Gasteiger partial charge in [0.15, 0.2) is 0 Å². The van der Waals surface area contributed by atoms with Crippen LogP contribution in [0.25, 0.3) is 0 Å². The molecule has 2 saturated heterocycles. The molecule has 4 aromatic carbocycles. The normalized spacial score (nSPS) is 26.2. The number of hydrogen-bond acceptors (Lipinski definition) is 8. The summed E-state index contributed by atoms with van der Waals surface area (Å²) in [4.78, 5) is 60.3. The number of phenolic OH excluding ortho intramolecular Hbond substituents is 1. The highest BCUT2D eigenvalue weighted by Crippen LogP contribution is 2.66. The number of ether oxygens (including phenoxy) is 2. The van der Waals surface area contributed by atoms with Crippen LogP contribution in [0.2, 0.25) is 5.02 Å². The third-order valence-corrected chi connectivity index (χ3v) is 12.1. The summed E-state index contributed by atoms with van der Waals surface area (Å²) in [6.45, 7) is 3.79. The van der Waals surface area contributed by atoms with Crippen LogP contribution in [0.1, 0.15) is 41.0 Å². The summed E-state index contributed by atoms with van der Waals surface area (Å²) < 4.78 is 11.4. The Bertz CT molecular complexity index is 2220. The second kappa shape index (κ2) is 12.8. The second-order valence-corrected chi connectivity index (χ2v) is 14.7. The molecule has 6 unspecified atom stereocenters. The quantitative estimate of drug-likeness (QED) is 0.156. The van der Waals surface area contributed by atoms with Gasteiger partial charge in [-0.2, -0.15) is 5.01 Å². The lowest BCUT2D eigenvalue weighted by atomic mass is 9.49. The molecule has 3 fully saturated rings. The number of rotatable bonds is 7. The number of hydrogen-bond donors (Lipinski definition) is 2. The molecular weight excluding hydrogens is 694 g/mol. The Morgan fingerprint density at radius 3 is 2.26 bits per heavy atom. The van der Waals surface area contributed by atoms with Crippen LogP contribution in [0.15, 0.2) is 96.6 Å². The van der Waals surface area contributed by atoms with Gasteiger partial charge in [-0.15, -0.1) is 0 Å². The molecule has 10 nitrogen and oxygen atoms in total. The zero-order valence-corrected chi connectivity index (χ0v) is 30.4. The average molecular weight is 732 g/mol. The van der Waals surface area contributed by atoms with E-state index in [0.29, 0.717) is 33.3 Å². The van der Waals surface area contributed by atoms with Crippen molar-refractivity contribution in [2.24, 2.45) is 23.7 Å². The molecule has 0 radical (unpaired) electrons. The van der Waals surface area contributed by atoms with Gasteiger partial charge in [0.25, 0.3) is 11.8 Å². The summed E-state index contributed by atoms with van der Waals surface area (Å²) in [5, 5.41) is 13.4. The summed E-state index contributed by atoms with van der Waals surface area (Å²) in [5.74, 6) is -5.46. The number of phenols is 1. The van der Waals surface area contributed by atoms with Crippen molar-refractivity contribution in [3.63, 3.8) is 0 Å². The van der Waals surface area contributed by atoms with Gasteiger partial charge < -0.3 is 14.6 Å². The maximum Gasteiger partial charge on any atom is 0.260 e. The fraction of sp³-hybridized carbons (Fsp3) is 0.286.